The lowest BCUT2D eigenvalue weighted by Crippen LogP contribution is -2.59. The molecule has 338 valence electrons. The summed E-state index contributed by atoms with van der Waals surface area (Å²) < 4.78 is 57.8. The van der Waals surface area contributed by atoms with E-state index in [9.17, 15) is 22.8 Å². The number of nitrogens with one attached hydrogen (secondary N) is 3. The fourth-order valence-electron chi connectivity index (χ4n) is 8.86. The van der Waals surface area contributed by atoms with Gasteiger partial charge in [-0.05, 0) is 119 Å². The molecule has 5 aliphatic rings. The van der Waals surface area contributed by atoms with Crippen molar-refractivity contribution in [2.45, 2.75) is 114 Å². The minimum Gasteiger partial charge on any atom is -0.497 e. The molecule has 16 nitrogen and oxygen atoms in total. The van der Waals surface area contributed by atoms with E-state index in [4.69, 9.17) is 28.7 Å². The first-order chi connectivity index (χ1) is 29.9. The maximum atomic E-state index is 15.0. The molecule has 0 bridgehead atoms. The van der Waals surface area contributed by atoms with Crippen LogP contribution in [-0.4, -0.2) is 104 Å². The van der Waals surface area contributed by atoms with Crippen molar-refractivity contribution in [2.24, 2.45) is 17.8 Å². The topological polar surface area (TPSA) is 201 Å². The Morgan fingerprint density at radius 2 is 1.75 bits per heavy atom. The molecule has 8 rings (SSSR count). The van der Waals surface area contributed by atoms with Crippen LogP contribution in [0, 0.1) is 17.8 Å². The molecule has 0 spiro atoms. The Hall–Kier alpha value is -5.58. The average Bonchev–Trinajstić information content (AvgIpc) is 4.16. The van der Waals surface area contributed by atoms with Gasteiger partial charge in [-0.15, -0.1) is 0 Å². The first kappa shape index (κ1) is 44.0. The highest BCUT2D eigenvalue weighted by atomic mass is 32.2. The van der Waals surface area contributed by atoms with Gasteiger partial charge in [0.25, 0.3) is 5.91 Å². The highest BCUT2D eigenvalue weighted by molar-refractivity contribution is 7.91. The molecule has 0 unspecified atom stereocenters. The fourth-order valence-corrected chi connectivity index (χ4v) is 10.2. The molecule has 3 aromatic rings. The Morgan fingerprint density at radius 1 is 0.984 bits per heavy atom. The van der Waals surface area contributed by atoms with Crippen LogP contribution in [0.15, 0.2) is 54.6 Å². The van der Waals surface area contributed by atoms with E-state index in [0.717, 1.165) is 17.4 Å². The lowest BCUT2D eigenvalue weighted by Gasteiger charge is -2.33. The number of aromatic nitrogens is 1. The van der Waals surface area contributed by atoms with Crippen LogP contribution in [0.25, 0.3) is 22.0 Å². The summed E-state index contributed by atoms with van der Waals surface area (Å²) in [5.41, 5.74) is -1.09. The molecule has 63 heavy (non-hydrogen) atoms. The van der Waals surface area contributed by atoms with E-state index in [1.807, 2.05) is 55.5 Å². The smallest absolute Gasteiger partial charge is 0.408 e. The average molecular weight is 888 g/mol. The van der Waals surface area contributed by atoms with Crippen LogP contribution in [0.3, 0.4) is 0 Å². The number of fused-ring (bicyclic) bond motifs is 4. The standard InChI is InChI=1S/C46H57N5O11S/c1-26-9-7-8-10-30-24-46(30,43(54)50-63(56,57)33-13-14-33)49-40(52)36-23-32(25-51(36)42(53)39(27(2)19-26)48-44(55)62-45(3,4)5)61-41-34-15-12-31(58-6)20-29(34)21-35(47-41)28-11-16-37-38(22-28)60-18-17-59-37/h8,10-12,15-16,20-22,26-27,30,32-33,36,39H,7,9,13-14,17-19,23-25H2,1-6H3,(H,48,55)(H,49,52)(H,50,54)/b10-8-/t26-,27-,30-,32-,36+,39+,46-/m1/s1. The molecule has 2 aromatic carbocycles. The van der Waals surface area contributed by atoms with Gasteiger partial charge in [0.05, 0.1) is 24.6 Å². The molecule has 3 fully saturated rings. The fraction of sp³-hybridized carbons (Fsp3) is 0.543. The number of allylic oxidation sites excluding steroid dienone is 1. The Kier molecular flexibility index (Phi) is 12.0. The second-order valence-corrected chi connectivity index (χ2v) is 20.6. The van der Waals surface area contributed by atoms with Crippen LogP contribution in [-0.2, 0) is 29.1 Å². The van der Waals surface area contributed by atoms with E-state index in [2.05, 4.69) is 22.3 Å². The number of carbonyl (C=O) groups excluding carboxylic acids is 4. The van der Waals surface area contributed by atoms with E-state index in [-0.39, 0.29) is 37.1 Å². The molecule has 2 aliphatic carbocycles. The lowest BCUT2D eigenvalue weighted by atomic mass is 9.88. The number of carbonyl (C=O) groups is 4. The van der Waals surface area contributed by atoms with Crippen molar-refractivity contribution >= 4 is 44.6 Å². The van der Waals surface area contributed by atoms with Gasteiger partial charge in [-0.2, -0.15) is 0 Å². The highest BCUT2D eigenvalue weighted by Gasteiger charge is 2.62. The first-order valence-corrected chi connectivity index (χ1v) is 23.4. The number of benzene rings is 2. The predicted octanol–water partition coefficient (Wildman–Crippen LogP) is 5.42. The number of amides is 4. The van der Waals surface area contributed by atoms with Gasteiger partial charge in [0.2, 0.25) is 27.7 Å². The van der Waals surface area contributed by atoms with Crippen molar-refractivity contribution in [3.63, 3.8) is 0 Å². The van der Waals surface area contributed by atoms with Gasteiger partial charge in [-0.3, -0.25) is 19.1 Å². The molecule has 4 amide bonds. The van der Waals surface area contributed by atoms with Crippen molar-refractivity contribution in [3.05, 3.63) is 54.6 Å². The zero-order valence-corrected chi connectivity index (χ0v) is 37.4. The van der Waals surface area contributed by atoms with Gasteiger partial charge >= 0.3 is 6.09 Å². The molecule has 2 saturated carbocycles. The van der Waals surface area contributed by atoms with Crippen LogP contribution >= 0.6 is 0 Å². The van der Waals surface area contributed by atoms with Crippen molar-refractivity contribution in [2.75, 3.05) is 26.9 Å². The van der Waals surface area contributed by atoms with E-state index in [0.29, 0.717) is 67.2 Å². The summed E-state index contributed by atoms with van der Waals surface area (Å²) in [6.45, 7) is 9.96. The quantitative estimate of drug-likeness (QED) is 0.243. The largest absolute Gasteiger partial charge is 0.497 e. The summed E-state index contributed by atoms with van der Waals surface area (Å²) in [7, 11) is -2.36. The Bertz CT molecular complexity index is 2430. The third kappa shape index (κ3) is 9.67. The third-order valence-electron chi connectivity index (χ3n) is 12.4. The summed E-state index contributed by atoms with van der Waals surface area (Å²) in [5.74, 6) is -0.610. The van der Waals surface area contributed by atoms with Crippen molar-refractivity contribution in [1.82, 2.24) is 25.2 Å². The summed E-state index contributed by atoms with van der Waals surface area (Å²) in [4.78, 5) is 63.5. The molecule has 3 aliphatic heterocycles. The van der Waals surface area contributed by atoms with Crippen molar-refractivity contribution in [3.8, 4) is 34.4 Å². The number of alkyl carbamates (subject to hydrolysis) is 1. The highest BCUT2D eigenvalue weighted by Crippen LogP contribution is 2.46. The van der Waals surface area contributed by atoms with E-state index >= 15 is 4.79 Å². The number of methoxy groups -OCH3 is 1. The Balaban J connectivity index is 1.16. The molecule has 3 N–H and O–H groups in total. The normalized spacial score (nSPS) is 28.0. The maximum absolute atomic E-state index is 15.0. The SMILES string of the molecule is COc1ccc2c(O[C@@H]3C[C@H]4C(=O)N[C@]5(C(=O)NS(=O)(=O)C6CC6)C[C@H]5/C=C\CC[C@@H](C)C[C@@H](C)[C@H](NC(=O)OC(C)(C)C)C(=O)N4C3)nc(-c3ccc4c(c3)OCCO4)cc2c1. The molecule has 4 heterocycles. The van der Waals surface area contributed by atoms with Gasteiger partial charge in [-0.25, -0.2) is 18.2 Å². The minimum absolute atomic E-state index is 0.00628. The van der Waals surface area contributed by atoms with E-state index in [1.54, 1.807) is 33.9 Å². The number of pyridine rings is 1. The van der Waals surface area contributed by atoms with Crippen LogP contribution in [0.4, 0.5) is 4.79 Å². The molecular weight excluding hydrogens is 831 g/mol. The molecule has 1 aromatic heterocycles. The summed E-state index contributed by atoms with van der Waals surface area (Å²) in [6.07, 6.45) is 5.35. The summed E-state index contributed by atoms with van der Waals surface area (Å²) >= 11 is 0. The van der Waals surface area contributed by atoms with Gasteiger partial charge in [0.1, 0.15) is 48.3 Å². The summed E-state index contributed by atoms with van der Waals surface area (Å²) in [5, 5.41) is 6.52. The van der Waals surface area contributed by atoms with Crippen LogP contribution in [0.5, 0.6) is 23.1 Å². The van der Waals surface area contributed by atoms with Crippen molar-refractivity contribution < 1.29 is 51.3 Å². The zero-order valence-electron chi connectivity index (χ0n) is 36.6. The molecule has 17 heteroatoms. The second-order valence-electron chi connectivity index (χ2n) is 18.6. The molecule has 7 atom stereocenters. The minimum atomic E-state index is -3.94. The van der Waals surface area contributed by atoms with E-state index in [1.165, 1.54) is 4.90 Å². The van der Waals surface area contributed by atoms with Gasteiger partial charge in [-0.1, -0.05) is 26.0 Å². The van der Waals surface area contributed by atoms with E-state index < -0.39 is 74.3 Å². The van der Waals surface area contributed by atoms with Crippen LogP contribution < -0.4 is 34.3 Å². The number of ether oxygens (including phenoxy) is 5. The number of sulfonamides is 1. The van der Waals surface area contributed by atoms with Crippen LogP contribution in [0.1, 0.15) is 79.6 Å². The number of hydrogen-bond donors (Lipinski definition) is 3. The Labute approximate surface area is 367 Å². The van der Waals surface area contributed by atoms with Gasteiger partial charge < -0.3 is 39.2 Å². The number of rotatable bonds is 8. The number of hydrogen-bond acceptors (Lipinski definition) is 12. The molecular formula is C46H57N5O11S. The maximum Gasteiger partial charge on any atom is 0.408 e. The van der Waals surface area contributed by atoms with Gasteiger partial charge in [0, 0.05) is 23.3 Å². The first-order valence-electron chi connectivity index (χ1n) is 21.8. The predicted molar refractivity (Wildman–Crippen MR) is 233 cm³/mol. The molecule has 0 radical (unpaired) electrons. The number of nitrogens with zero attached hydrogens (tertiary/aromatic N) is 2. The summed E-state index contributed by atoms with van der Waals surface area (Å²) in [6, 6.07) is 10.7. The van der Waals surface area contributed by atoms with Crippen LogP contribution in [0.2, 0.25) is 0 Å². The van der Waals surface area contributed by atoms with Crippen molar-refractivity contribution in [1.29, 1.82) is 0 Å². The molecule has 1 saturated heterocycles. The third-order valence-corrected chi connectivity index (χ3v) is 14.2. The zero-order chi connectivity index (χ0) is 44.8. The van der Waals surface area contributed by atoms with Gasteiger partial charge in [0.15, 0.2) is 11.5 Å². The lowest BCUT2D eigenvalue weighted by molar-refractivity contribution is -0.142. The monoisotopic (exact) mass is 887 g/mol. The Morgan fingerprint density at radius 3 is 2.48 bits per heavy atom. The second kappa shape index (κ2) is 17.2.